The van der Waals surface area contributed by atoms with Crippen LogP contribution in [0.3, 0.4) is 0 Å². The SMILES string of the molecule is CC(C#N)N(C)CCc1ccc[nH]1. The Morgan fingerprint density at radius 2 is 2.46 bits per heavy atom. The van der Waals surface area contributed by atoms with E-state index in [-0.39, 0.29) is 6.04 Å². The van der Waals surface area contributed by atoms with Crippen molar-refractivity contribution in [3.63, 3.8) is 0 Å². The molecule has 0 fully saturated rings. The zero-order valence-electron chi connectivity index (χ0n) is 8.12. The second-order valence-corrected chi connectivity index (χ2v) is 3.23. The molecule has 1 rings (SSSR count). The summed E-state index contributed by atoms with van der Waals surface area (Å²) in [5.41, 5.74) is 1.22. The Morgan fingerprint density at radius 1 is 1.69 bits per heavy atom. The highest BCUT2D eigenvalue weighted by Crippen LogP contribution is 1.99. The standard InChI is InChI=1S/C10H15N3/c1-9(8-11)13(2)7-5-10-4-3-6-12-10/h3-4,6,9,12H,5,7H2,1-2H3. The largest absolute Gasteiger partial charge is 0.365 e. The number of nitriles is 1. The van der Waals surface area contributed by atoms with Crippen molar-refractivity contribution in [2.24, 2.45) is 0 Å². The lowest BCUT2D eigenvalue weighted by molar-refractivity contribution is 0.305. The summed E-state index contributed by atoms with van der Waals surface area (Å²) in [7, 11) is 1.97. The minimum Gasteiger partial charge on any atom is -0.365 e. The van der Waals surface area contributed by atoms with Gasteiger partial charge in [0.1, 0.15) is 0 Å². The van der Waals surface area contributed by atoms with Crippen molar-refractivity contribution in [2.75, 3.05) is 13.6 Å². The molecule has 0 saturated carbocycles. The van der Waals surface area contributed by atoms with Gasteiger partial charge in [0.2, 0.25) is 0 Å². The smallest absolute Gasteiger partial charge is 0.0946 e. The van der Waals surface area contributed by atoms with Crippen LogP contribution in [0.25, 0.3) is 0 Å². The average Bonchev–Trinajstić information content (AvgIpc) is 2.65. The predicted octanol–water partition coefficient (Wildman–Crippen LogP) is 1.40. The molecular weight excluding hydrogens is 162 g/mol. The maximum Gasteiger partial charge on any atom is 0.0946 e. The third-order valence-corrected chi connectivity index (χ3v) is 2.24. The van der Waals surface area contributed by atoms with Crippen molar-refractivity contribution >= 4 is 0 Å². The van der Waals surface area contributed by atoms with Crippen LogP contribution >= 0.6 is 0 Å². The zero-order chi connectivity index (χ0) is 9.68. The predicted molar refractivity (Wildman–Crippen MR) is 52.2 cm³/mol. The van der Waals surface area contributed by atoms with Crippen molar-refractivity contribution < 1.29 is 0 Å². The molecule has 0 bridgehead atoms. The maximum atomic E-state index is 8.66. The Balaban J connectivity index is 2.31. The van der Waals surface area contributed by atoms with Crippen LogP contribution in [0.2, 0.25) is 0 Å². The van der Waals surface area contributed by atoms with Crippen molar-refractivity contribution in [1.82, 2.24) is 9.88 Å². The summed E-state index contributed by atoms with van der Waals surface area (Å²) in [4.78, 5) is 5.18. The van der Waals surface area contributed by atoms with Gasteiger partial charge in [-0.2, -0.15) is 5.26 Å². The van der Waals surface area contributed by atoms with Crippen molar-refractivity contribution in [1.29, 1.82) is 5.26 Å². The second kappa shape index (κ2) is 4.68. The van der Waals surface area contributed by atoms with Crippen LogP contribution in [0.4, 0.5) is 0 Å². The molecule has 0 radical (unpaired) electrons. The number of rotatable bonds is 4. The molecule has 0 spiro atoms. The molecule has 1 aromatic rings. The Kier molecular flexibility index (Phi) is 3.53. The molecule has 1 heterocycles. The van der Waals surface area contributed by atoms with E-state index in [1.54, 1.807) is 0 Å². The summed E-state index contributed by atoms with van der Waals surface area (Å²) in [5, 5.41) is 8.66. The van der Waals surface area contributed by atoms with Gasteiger partial charge in [0, 0.05) is 24.9 Å². The Hall–Kier alpha value is -1.27. The van der Waals surface area contributed by atoms with E-state index in [0.717, 1.165) is 13.0 Å². The molecule has 1 unspecified atom stereocenters. The fourth-order valence-corrected chi connectivity index (χ4v) is 1.11. The fourth-order valence-electron chi connectivity index (χ4n) is 1.11. The minimum absolute atomic E-state index is 0.00466. The summed E-state index contributed by atoms with van der Waals surface area (Å²) in [6.07, 6.45) is 2.89. The number of likely N-dealkylation sites (N-methyl/N-ethyl adjacent to an activating group) is 1. The normalized spacial score (nSPS) is 12.8. The molecular formula is C10H15N3. The Morgan fingerprint density at radius 3 is 3.00 bits per heavy atom. The molecule has 0 aliphatic carbocycles. The van der Waals surface area contributed by atoms with E-state index in [2.05, 4.69) is 17.1 Å². The van der Waals surface area contributed by atoms with Gasteiger partial charge in [0.25, 0.3) is 0 Å². The number of hydrogen-bond donors (Lipinski definition) is 1. The van der Waals surface area contributed by atoms with Gasteiger partial charge in [0.15, 0.2) is 0 Å². The third kappa shape index (κ3) is 2.92. The molecule has 0 amide bonds. The lowest BCUT2D eigenvalue weighted by atomic mass is 10.2. The lowest BCUT2D eigenvalue weighted by Gasteiger charge is -2.17. The van der Waals surface area contributed by atoms with E-state index in [4.69, 9.17) is 5.26 Å². The summed E-state index contributed by atoms with van der Waals surface area (Å²) < 4.78 is 0. The molecule has 1 aromatic heterocycles. The number of nitrogens with zero attached hydrogens (tertiary/aromatic N) is 2. The van der Waals surface area contributed by atoms with Crippen LogP contribution in [0, 0.1) is 11.3 Å². The number of aromatic nitrogens is 1. The van der Waals surface area contributed by atoms with E-state index in [1.165, 1.54) is 5.69 Å². The van der Waals surface area contributed by atoms with Crippen LogP contribution < -0.4 is 0 Å². The molecule has 0 saturated heterocycles. The molecule has 3 nitrogen and oxygen atoms in total. The summed E-state index contributed by atoms with van der Waals surface area (Å²) in [6.45, 7) is 2.82. The molecule has 13 heavy (non-hydrogen) atoms. The van der Waals surface area contributed by atoms with Gasteiger partial charge in [-0.25, -0.2) is 0 Å². The monoisotopic (exact) mass is 177 g/mol. The first kappa shape index (κ1) is 9.82. The molecule has 0 aliphatic heterocycles. The minimum atomic E-state index is -0.00466. The number of H-pyrrole nitrogens is 1. The molecule has 1 atom stereocenters. The highest BCUT2D eigenvalue weighted by molar-refractivity contribution is 5.04. The summed E-state index contributed by atoms with van der Waals surface area (Å²) >= 11 is 0. The Labute approximate surface area is 79.0 Å². The van der Waals surface area contributed by atoms with Crippen LogP contribution in [0.15, 0.2) is 18.3 Å². The van der Waals surface area contributed by atoms with Crippen molar-refractivity contribution in [2.45, 2.75) is 19.4 Å². The van der Waals surface area contributed by atoms with Crippen LogP contribution in [-0.4, -0.2) is 29.5 Å². The third-order valence-electron chi connectivity index (χ3n) is 2.24. The van der Waals surface area contributed by atoms with E-state index in [1.807, 2.05) is 31.1 Å². The quantitative estimate of drug-likeness (QED) is 0.755. The topological polar surface area (TPSA) is 42.8 Å². The lowest BCUT2D eigenvalue weighted by Crippen LogP contribution is -2.29. The first-order valence-electron chi connectivity index (χ1n) is 4.46. The zero-order valence-corrected chi connectivity index (χ0v) is 8.12. The second-order valence-electron chi connectivity index (χ2n) is 3.23. The first-order chi connectivity index (χ1) is 6.24. The van der Waals surface area contributed by atoms with Gasteiger partial charge in [-0.05, 0) is 26.1 Å². The molecule has 0 aliphatic rings. The fraction of sp³-hybridized carbons (Fsp3) is 0.500. The number of aromatic amines is 1. The van der Waals surface area contributed by atoms with Gasteiger partial charge < -0.3 is 4.98 Å². The average molecular weight is 177 g/mol. The maximum absolute atomic E-state index is 8.66. The first-order valence-corrected chi connectivity index (χ1v) is 4.46. The van der Waals surface area contributed by atoms with Gasteiger partial charge >= 0.3 is 0 Å². The van der Waals surface area contributed by atoms with Crippen molar-refractivity contribution in [3.05, 3.63) is 24.0 Å². The highest BCUT2D eigenvalue weighted by atomic mass is 15.1. The van der Waals surface area contributed by atoms with Crippen LogP contribution in [0.1, 0.15) is 12.6 Å². The van der Waals surface area contributed by atoms with E-state index in [9.17, 15) is 0 Å². The number of nitrogens with one attached hydrogen (secondary N) is 1. The van der Waals surface area contributed by atoms with Crippen molar-refractivity contribution in [3.8, 4) is 6.07 Å². The van der Waals surface area contributed by atoms with Gasteiger partial charge in [-0.3, -0.25) is 4.90 Å². The summed E-state index contributed by atoms with van der Waals surface area (Å²) in [5.74, 6) is 0. The summed E-state index contributed by atoms with van der Waals surface area (Å²) in [6, 6.07) is 6.26. The van der Waals surface area contributed by atoms with E-state index < -0.39 is 0 Å². The van der Waals surface area contributed by atoms with Gasteiger partial charge in [-0.1, -0.05) is 0 Å². The molecule has 70 valence electrons. The molecule has 0 aromatic carbocycles. The number of hydrogen-bond acceptors (Lipinski definition) is 2. The van der Waals surface area contributed by atoms with Crippen LogP contribution in [0.5, 0.6) is 0 Å². The van der Waals surface area contributed by atoms with Gasteiger partial charge in [0.05, 0.1) is 12.1 Å². The van der Waals surface area contributed by atoms with E-state index >= 15 is 0 Å². The molecule has 3 heteroatoms. The highest BCUT2D eigenvalue weighted by Gasteiger charge is 2.06. The molecule has 1 N–H and O–H groups in total. The van der Waals surface area contributed by atoms with Crippen LogP contribution in [-0.2, 0) is 6.42 Å². The van der Waals surface area contributed by atoms with Gasteiger partial charge in [-0.15, -0.1) is 0 Å². The van der Waals surface area contributed by atoms with E-state index in [0.29, 0.717) is 0 Å². The Bertz CT molecular complexity index is 271.